The van der Waals surface area contributed by atoms with Gasteiger partial charge in [-0.1, -0.05) is 19.8 Å². The van der Waals surface area contributed by atoms with E-state index in [1.54, 1.807) is 0 Å². The molecule has 1 spiro atoms. The lowest BCUT2D eigenvalue weighted by Crippen LogP contribution is -2.62. The highest BCUT2D eigenvalue weighted by Crippen LogP contribution is 2.34. The van der Waals surface area contributed by atoms with Crippen LogP contribution in [0, 0.1) is 6.92 Å². The quantitative estimate of drug-likeness (QED) is 0.919. The van der Waals surface area contributed by atoms with E-state index < -0.39 is 0 Å². The molecule has 1 aliphatic heterocycles. The van der Waals surface area contributed by atoms with Crippen LogP contribution in [-0.4, -0.2) is 39.4 Å². The zero-order valence-electron chi connectivity index (χ0n) is 13.2. The molecule has 112 valence electrons. The maximum atomic E-state index is 4.49. The zero-order chi connectivity index (χ0) is 14.2. The fourth-order valence-electron chi connectivity index (χ4n) is 4.03. The molecule has 2 fully saturated rings. The molecule has 2 heterocycles. The summed E-state index contributed by atoms with van der Waals surface area (Å²) >= 11 is 0. The summed E-state index contributed by atoms with van der Waals surface area (Å²) in [6.07, 6.45) is 6.71. The first-order valence-electron chi connectivity index (χ1n) is 8.10. The van der Waals surface area contributed by atoms with Gasteiger partial charge in [0.2, 0.25) is 0 Å². The first-order valence-corrected chi connectivity index (χ1v) is 8.10. The Kier molecular flexibility index (Phi) is 3.87. The van der Waals surface area contributed by atoms with E-state index in [0.717, 1.165) is 18.8 Å². The number of rotatable bonds is 3. The Bertz CT molecular complexity index is 459. The van der Waals surface area contributed by atoms with Crippen LogP contribution in [0.2, 0.25) is 0 Å². The second-order valence-corrected chi connectivity index (χ2v) is 6.74. The lowest BCUT2D eigenvalue weighted by molar-refractivity contribution is 0.0697. The standard InChI is InChI=1S/C16H28N4/c1-4-14-10-17-16(7-5-6-8-16)12-20(14)11-15-9-13(2)18-19(15)3/h9,14,17H,4-8,10-12H2,1-3H3. The Morgan fingerprint density at radius 2 is 2.15 bits per heavy atom. The van der Waals surface area contributed by atoms with Crippen LogP contribution in [0.15, 0.2) is 6.07 Å². The van der Waals surface area contributed by atoms with E-state index in [1.807, 2.05) is 4.68 Å². The average molecular weight is 276 g/mol. The van der Waals surface area contributed by atoms with Crippen molar-refractivity contribution in [2.75, 3.05) is 13.1 Å². The molecule has 1 N–H and O–H groups in total. The van der Waals surface area contributed by atoms with E-state index in [1.165, 1.54) is 44.3 Å². The number of piperazine rings is 1. The van der Waals surface area contributed by atoms with Crippen molar-refractivity contribution in [3.05, 3.63) is 17.5 Å². The number of aromatic nitrogens is 2. The van der Waals surface area contributed by atoms with Gasteiger partial charge in [-0.3, -0.25) is 9.58 Å². The molecule has 3 rings (SSSR count). The molecule has 4 heteroatoms. The second kappa shape index (κ2) is 5.49. The van der Waals surface area contributed by atoms with E-state index in [-0.39, 0.29) is 0 Å². The van der Waals surface area contributed by atoms with Gasteiger partial charge in [0.25, 0.3) is 0 Å². The molecule has 1 saturated heterocycles. The number of nitrogens with one attached hydrogen (secondary N) is 1. The van der Waals surface area contributed by atoms with E-state index in [4.69, 9.17) is 0 Å². The maximum absolute atomic E-state index is 4.49. The smallest absolute Gasteiger partial charge is 0.0597 e. The summed E-state index contributed by atoms with van der Waals surface area (Å²) in [7, 11) is 2.07. The largest absolute Gasteiger partial charge is 0.308 e. The lowest BCUT2D eigenvalue weighted by Gasteiger charge is -2.46. The Balaban J connectivity index is 1.75. The minimum atomic E-state index is 0.402. The predicted molar refractivity (Wildman–Crippen MR) is 81.6 cm³/mol. The summed E-state index contributed by atoms with van der Waals surface area (Å²) in [6.45, 7) is 7.78. The number of hydrogen-bond acceptors (Lipinski definition) is 3. The molecule has 1 unspecified atom stereocenters. The normalized spacial score (nSPS) is 26.4. The summed E-state index contributed by atoms with van der Waals surface area (Å²) in [5.74, 6) is 0. The monoisotopic (exact) mass is 276 g/mol. The van der Waals surface area contributed by atoms with Gasteiger partial charge in [-0.05, 0) is 32.3 Å². The van der Waals surface area contributed by atoms with Gasteiger partial charge in [-0.15, -0.1) is 0 Å². The lowest BCUT2D eigenvalue weighted by atomic mass is 9.91. The minimum Gasteiger partial charge on any atom is -0.308 e. The van der Waals surface area contributed by atoms with Gasteiger partial charge >= 0.3 is 0 Å². The average Bonchev–Trinajstić information content (AvgIpc) is 2.98. The Labute approximate surface area is 122 Å². The maximum Gasteiger partial charge on any atom is 0.0597 e. The molecule has 0 aromatic carbocycles. The number of aryl methyl sites for hydroxylation is 2. The second-order valence-electron chi connectivity index (χ2n) is 6.74. The summed E-state index contributed by atoms with van der Waals surface area (Å²) in [5.41, 5.74) is 2.87. The van der Waals surface area contributed by atoms with Crippen LogP contribution in [0.3, 0.4) is 0 Å². The molecule has 1 aromatic rings. The van der Waals surface area contributed by atoms with Crippen molar-refractivity contribution in [3.63, 3.8) is 0 Å². The van der Waals surface area contributed by atoms with Crippen molar-refractivity contribution in [1.29, 1.82) is 0 Å². The van der Waals surface area contributed by atoms with Gasteiger partial charge in [-0.25, -0.2) is 0 Å². The van der Waals surface area contributed by atoms with Gasteiger partial charge in [0.1, 0.15) is 0 Å². The Morgan fingerprint density at radius 3 is 2.75 bits per heavy atom. The highest BCUT2D eigenvalue weighted by atomic mass is 15.3. The SMILES string of the molecule is CCC1CNC2(CCCC2)CN1Cc1cc(C)nn1C. The van der Waals surface area contributed by atoms with Crippen LogP contribution in [-0.2, 0) is 13.6 Å². The van der Waals surface area contributed by atoms with Crippen molar-refractivity contribution in [1.82, 2.24) is 20.0 Å². The van der Waals surface area contributed by atoms with Gasteiger partial charge in [-0.2, -0.15) is 5.10 Å². The molecule has 0 amide bonds. The highest BCUT2D eigenvalue weighted by Gasteiger charge is 2.40. The molecule has 20 heavy (non-hydrogen) atoms. The molecule has 1 aliphatic carbocycles. The van der Waals surface area contributed by atoms with E-state index in [2.05, 4.69) is 42.3 Å². The molecule has 0 radical (unpaired) electrons. The zero-order valence-corrected chi connectivity index (χ0v) is 13.2. The van der Waals surface area contributed by atoms with Crippen molar-refractivity contribution in [3.8, 4) is 0 Å². The Hall–Kier alpha value is -0.870. The van der Waals surface area contributed by atoms with Gasteiger partial charge in [0.15, 0.2) is 0 Å². The Morgan fingerprint density at radius 1 is 1.40 bits per heavy atom. The topological polar surface area (TPSA) is 33.1 Å². The third-order valence-corrected chi connectivity index (χ3v) is 5.23. The van der Waals surface area contributed by atoms with E-state index in [9.17, 15) is 0 Å². The fraction of sp³-hybridized carbons (Fsp3) is 0.812. The molecular formula is C16H28N4. The summed E-state index contributed by atoms with van der Waals surface area (Å²) in [5, 5.41) is 8.36. The van der Waals surface area contributed by atoms with Gasteiger partial charge in [0.05, 0.1) is 11.4 Å². The van der Waals surface area contributed by atoms with Crippen LogP contribution in [0.5, 0.6) is 0 Å². The van der Waals surface area contributed by atoms with Crippen LogP contribution < -0.4 is 5.32 Å². The van der Waals surface area contributed by atoms with Crippen LogP contribution >= 0.6 is 0 Å². The third-order valence-electron chi connectivity index (χ3n) is 5.23. The van der Waals surface area contributed by atoms with E-state index in [0.29, 0.717) is 11.6 Å². The van der Waals surface area contributed by atoms with Crippen LogP contribution in [0.1, 0.15) is 50.4 Å². The number of hydrogen-bond donors (Lipinski definition) is 1. The molecule has 0 bridgehead atoms. The van der Waals surface area contributed by atoms with Gasteiger partial charge in [0, 0.05) is 38.3 Å². The summed E-state index contributed by atoms with van der Waals surface area (Å²) in [4.78, 5) is 2.69. The van der Waals surface area contributed by atoms with Gasteiger partial charge < -0.3 is 5.32 Å². The fourth-order valence-corrected chi connectivity index (χ4v) is 4.03. The van der Waals surface area contributed by atoms with E-state index >= 15 is 0 Å². The van der Waals surface area contributed by atoms with Crippen molar-refractivity contribution in [2.24, 2.45) is 7.05 Å². The first-order chi connectivity index (χ1) is 9.62. The molecular weight excluding hydrogens is 248 g/mol. The molecule has 1 saturated carbocycles. The van der Waals surface area contributed by atoms with Crippen molar-refractivity contribution < 1.29 is 0 Å². The molecule has 1 atom stereocenters. The summed E-state index contributed by atoms with van der Waals surface area (Å²) in [6, 6.07) is 2.90. The molecule has 1 aromatic heterocycles. The molecule has 4 nitrogen and oxygen atoms in total. The predicted octanol–water partition coefficient (Wildman–Crippen LogP) is 2.23. The highest BCUT2D eigenvalue weighted by molar-refractivity contribution is 5.10. The first kappa shape index (κ1) is 14.1. The van der Waals surface area contributed by atoms with Crippen LogP contribution in [0.25, 0.3) is 0 Å². The third kappa shape index (κ3) is 2.63. The van der Waals surface area contributed by atoms with Crippen molar-refractivity contribution in [2.45, 2.75) is 64.1 Å². The van der Waals surface area contributed by atoms with Crippen molar-refractivity contribution >= 4 is 0 Å². The molecule has 2 aliphatic rings. The van der Waals surface area contributed by atoms with Crippen LogP contribution in [0.4, 0.5) is 0 Å². The minimum absolute atomic E-state index is 0.402. The summed E-state index contributed by atoms with van der Waals surface area (Å²) < 4.78 is 2.05. The number of nitrogens with zero attached hydrogens (tertiary/aromatic N) is 3.